The second-order valence-electron chi connectivity index (χ2n) is 5.86. The third-order valence-corrected chi connectivity index (χ3v) is 3.73. The second-order valence-corrected chi connectivity index (χ2v) is 5.86. The van der Waals surface area contributed by atoms with Gasteiger partial charge < -0.3 is 4.57 Å². The predicted molar refractivity (Wildman–Crippen MR) is 80.6 cm³/mol. The number of nitriles is 1. The lowest BCUT2D eigenvalue weighted by Crippen LogP contribution is -2.08. The molecule has 104 valence electrons. The van der Waals surface area contributed by atoms with Crippen molar-refractivity contribution in [3.8, 4) is 6.07 Å². The number of carbonyl (C=O) groups excluding carboxylic acids is 1. The number of aryl methyl sites for hydroxylation is 1. The van der Waals surface area contributed by atoms with Gasteiger partial charge >= 0.3 is 0 Å². The van der Waals surface area contributed by atoms with Crippen LogP contribution in [-0.4, -0.2) is 10.9 Å². The van der Waals surface area contributed by atoms with Crippen molar-refractivity contribution in [1.82, 2.24) is 4.57 Å². The van der Waals surface area contributed by atoms with E-state index in [-0.39, 0.29) is 5.41 Å². The van der Waals surface area contributed by atoms with E-state index in [0.29, 0.717) is 0 Å². The third kappa shape index (κ3) is 3.08. The molecule has 1 aromatic carbocycles. The quantitative estimate of drug-likeness (QED) is 0.583. The van der Waals surface area contributed by atoms with E-state index in [0.717, 1.165) is 48.6 Å². The highest BCUT2D eigenvalue weighted by atomic mass is 16.1. The first-order chi connectivity index (χ1) is 9.57. The Balaban J connectivity index is 2.01. The van der Waals surface area contributed by atoms with E-state index in [2.05, 4.69) is 10.6 Å². The molecule has 0 radical (unpaired) electrons. The van der Waals surface area contributed by atoms with Crippen LogP contribution in [0.2, 0.25) is 0 Å². The lowest BCUT2D eigenvalue weighted by molar-refractivity contribution is 0.112. The fraction of sp³-hybridized carbons (Fsp3) is 0.412. The Bertz CT molecular complexity index is 647. The Hall–Kier alpha value is -2.08. The molecular weight excluding hydrogens is 248 g/mol. The van der Waals surface area contributed by atoms with Gasteiger partial charge in [-0.15, -0.1) is 0 Å². The molecule has 2 aromatic rings. The molecule has 3 nitrogen and oxygen atoms in total. The van der Waals surface area contributed by atoms with Crippen LogP contribution in [0.1, 0.15) is 43.5 Å². The number of benzene rings is 1. The molecule has 0 saturated heterocycles. The molecule has 2 rings (SSSR count). The van der Waals surface area contributed by atoms with Crippen LogP contribution in [0.15, 0.2) is 30.5 Å². The van der Waals surface area contributed by atoms with Crippen LogP contribution >= 0.6 is 0 Å². The number of aromatic nitrogens is 1. The normalized spacial score (nSPS) is 11.4. The summed E-state index contributed by atoms with van der Waals surface area (Å²) in [6.07, 6.45) is 5.94. The monoisotopic (exact) mass is 268 g/mol. The fourth-order valence-electron chi connectivity index (χ4n) is 2.45. The fourth-order valence-corrected chi connectivity index (χ4v) is 2.45. The minimum atomic E-state index is -0.233. The molecule has 0 saturated carbocycles. The minimum absolute atomic E-state index is 0.233. The molecule has 0 aliphatic rings. The van der Waals surface area contributed by atoms with E-state index in [9.17, 15) is 4.79 Å². The molecule has 0 N–H and O–H groups in total. The molecule has 0 atom stereocenters. The van der Waals surface area contributed by atoms with Gasteiger partial charge in [0.25, 0.3) is 0 Å². The zero-order valence-electron chi connectivity index (χ0n) is 12.1. The van der Waals surface area contributed by atoms with Gasteiger partial charge in [0.2, 0.25) is 0 Å². The maximum absolute atomic E-state index is 11.0. The minimum Gasteiger partial charge on any atom is -0.347 e. The van der Waals surface area contributed by atoms with E-state index < -0.39 is 0 Å². The maximum atomic E-state index is 11.0. The van der Waals surface area contributed by atoms with Gasteiger partial charge in [-0.2, -0.15) is 5.26 Å². The summed E-state index contributed by atoms with van der Waals surface area (Å²) in [6, 6.07) is 10.1. The van der Waals surface area contributed by atoms with Crippen LogP contribution in [0.5, 0.6) is 0 Å². The number of rotatable bonds is 6. The molecular formula is C17H20N2O. The molecule has 1 heterocycles. The highest BCUT2D eigenvalue weighted by Crippen LogP contribution is 2.23. The van der Waals surface area contributed by atoms with Gasteiger partial charge in [-0.05, 0) is 38.8 Å². The number of hydrogen-bond donors (Lipinski definition) is 0. The first-order valence-electron chi connectivity index (χ1n) is 7.02. The molecule has 0 aliphatic heterocycles. The van der Waals surface area contributed by atoms with E-state index in [4.69, 9.17) is 5.26 Å². The highest BCUT2D eigenvalue weighted by Gasteiger charge is 2.15. The van der Waals surface area contributed by atoms with Crippen molar-refractivity contribution in [2.24, 2.45) is 5.41 Å². The molecule has 0 fully saturated rings. The SMILES string of the molecule is CC(C)(C#N)CCCCn1ccc2c(C=O)cccc21. The molecule has 3 heteroatoms. The Morgan fingerprint density at radius 2 is 2.10 bits per heavy atom. The lowest BCUT2D eigenvalue weighted by Gasteiger charge is -2.14. The Kier molecular flexibility index (Phi) is 4.24. The van der Waals surface area contributed by atoms with E-state index in [1.165, 1.54) is 0 Å². The van der Waals surface area contributed by atoms with Crippen molar-refractivity contribution in [3.63, 3.8) is 0 Å². The van der Waals surface area contributed by atoms with Gasteiger partial charge in [0.15, 0.2) is 6.29 Å². The first-order valence-corrected chi connectivity index (χ1v) is 7.02. The van der Waals surface area contributed by atoms with Crippen molar-refractivity contribution >= 4 is 17.2 Å². The standard InChI is InChI=1S/C17H20N2O/c1-17(2,13-18)9-3-4-10-19-11-8-15-14(12-20)6-5-7-16(15)19/h5-8,11-12H,3-4,9-10H2,1-2H3. The number of nitrogens with zero attached hydrogens (tertiary/aromatic N) is 2. The highest BCUT2D eigenvalue weighted by molar-refractivity contribution is 5.97. The summed E-state index contributed by atoms with van der Waals surface area (Å²) in [5, 5.41) is 10.0. The summed E-state index contributed by atoms with van der Waals surface area (Å²) in [5.74, 6) is 0. The van der Waals surface area contributed by atoms with Crippen LogP contribution in [0.25, 0.3) is 10.9 Å². The van der Waals surface area contributed by atoms with Crippen LogP contribution in [-0.2, 0) is 6.54 Å². The van der Waals surface area contributed by atoms with Crippen molar-refractivity contribution < 1.29 is 4.79 Å². The predicted octanol–water partition coefficient (Wildman–Crippen LogP) is 4.17. The van der Waals surface area contributed by atoms with Gasteiger partial charge in [-0.25, -0.2) is 0 Å². The van der Waals surface area contributed by atoms with Gasteiger partial charge in [-0.3, -0.25) is 4.79 Å². The number of carbonyl (C=O) groups is 1. The molecule has 0 unspecified atom stereocenters. The Labute approximate surface area is 119 Å². The molecule has 0 spiro atoms. The Morgan fingerprint density at radius 1 is 1.30 bits per heavy atom. The summed E-state index contributed by atoms with van der Waals surface area (Å²) in [4.78, 5) is 11.0. The van der Waals surface area contributed by atoms with Gasteiger partial charge in [0.1, 0.15) is 0 Å². The van der Waals surface area contributed by atoms with Crippen LogP contribution in [0.3, 0.4) is 0 Å². The van der Waals surface area contributed by atoms with Crippen molar-refractivity contribution in [1.29, 1.82) is 5.26 Å². The summed E-state index contributed by atoms with van der Waals surface area (Å²) >= 11 is 0. The topological polar surface area (TPSA) is 45.8 Å². The zero-order chi connectivity index (χ0) is 14.6. The summed E-state index contributed by atoms with van der Waals surface area (Å²) in [7, 11) is 0. The smallest absolute Gasteiger partial charge is 0.150 e. The van der Waals surface area contributed by atoms with E-state index in [1.807, 2.05) is 44.3 Å². The van der Waals surface area contributed by atoms with Gasteiger partial charge in [0, 0.05) is 29.2 Å². The zero-order valence-corrected chi connectivity index (χ0v) is 12.1. The largest absolute Gasteiger partial charge is 0.347 e. The molecule has 1 aromatic heterocycles. The maximum Gasteiger partial charge on any atom is 0.150 e. The molecule has 0 aliphatic carbocycles. The van der Waals surface area contributed by atoms with Crippen molar-refractivity contribution in [2.75, 3.05) is 0 Å². The summed E-state index contributed by atoms with van der Waals surface area (Å²) < 4.78 is 2.18. The average molecular weight is 268 g/mol. The van der Waals surface area contributed by atoms with Crippen molar-refractivity contribution in [3.05, 3.63) is 36.0 Å². The summed E-state index contributed by atoms with van der Waals surface area (Å²) in [6.45, 7) is 4.89. The second kappa shape index (κ2) is 5.92. The van der Waals surface area contributed by atoms with Gasteiger partial charge in [-0.1, -0.05) is 18.6 Å². The van der Waals surface area contributed by atoms with Crippen LogP contribution < -0.4 is 0 Å². The van der Waals surface area contributed by atoms with E-state index >= 15 is 0 Å². The van der Waals surface area contributed by atoms with E-state index in [1.54, 1.807) is 0 Å². The number of fused-ring (bicyclic) bond motifs is 1. The molecule has 0 bridgehead atoms. The number of unbranched alkanes of at least 4 members (excludes halogenated alkanes) is 1. The van der Waals surface area contributed by atoms with Gasteiger partial charge in [0.05, 0.1) is 11.5 Å². The molecule has 0 amide bonds. The van der Waals surface area contributed by atoms with Crippen molar-refractivity contribution in [2.45, 2.75) is 39.7 Å². The Morgan fingerprint density at radius 3 is 2.80 bits per heavy atom. The first kappa shape index (κ1) is 14.3. The van der Waals surface area contributed by atoms with Crippen LogP contribution in [0, 0.1) is 16.7 Å². The number of hydrogen-bond acceptors (Lipinski definition) is 2. The summed E-state index contributed by atoms with van der Waals surface area (Å²) in [5.41, 5.74) is 1.62. The number of aldehydes is 1. The molecule has 20 heavy (non-hydrogen) atoms. The lowest BCUT2D eigenvalue weighted by atomic mass is 9.89. The van der Waals surface area contributed by atoms with Crippen LogP contribution in [0.4, 0.5) is 0 Å². The third-order valence-electron chi connectivity index (χ3n) is 3.73. The average Bonchev–Trinajstić information content (AvgIpc) is 2.87.